The summed E-state index contributed by atoms with van der Waals surface area (Å²) in [4.78, 5) is 4.61. The minimum atomic E-state index is -1.19. The van der Waals surface area contributed by atoms with E-state index in [4.69, 9.17) is 9.15 Å². The molecule has 0 radical (unpaired) electrons. The number of nitrogens with zero attached hydrogens (tertiary/aromatic N) is 1. The summed E-state index contributed by atoms with van der Waals surface area (Å²) in [6.07, 6.45) is 8.01. The quantitative estimate of drug-likeness (QED) is 0.425. The van der Waals surface area contributed by atoms with Crippen molar-refractivity contribution < 1.29 is 14.3 Å². The molecule has 0 spiro atoms. The van der Waals surface area contributed by atoms with Crippen molar-refractivity contribution in [2.24, 2.45) is 17.8 Å². The molecule has 0 amide bonds. The third-order valence-corrected chi connectivity index (χ3v) is 6.90. The van der Waals surface area contributed by atoms with Crippen LogP contribution in [0.4, 0.5) is 0 Å². The smallest absolute Gasteiger partial charge is 0.231 e. The van der Waals surface area contributed by atoms with Gasteiger partial charge in [0, 0.05) is 18.3 Å². The van der Waals surface area contributed by atoms with Crippen molar-refractivity contribution in [3.8, 4) is 5.75 Å². The largest absolute Gasteiger partial charge is 0.493 e. The summed E-state index contributed by atoms with van der Waals surface area (Å²) in [6, 6.07) is 19.8. The summed E-state index contributed by atoms with van der Waals surface area (Å²) in [7, 11) is 0. The van der Waals surface area contributed by atoms with Crippen LogP contribution in [0.3, 0.4) is 0 Å². The lowest BCUT2D eigenvalue weighted by atomic mass is 9.73. The monoisotopic (exact) mass is 433 g/mol. The van der Waals surface area contributed by atoms with Crippen molar-refractivity contribution in [1.29, 1.82) is 0 Å². The van der Waals surface area contributed by atoms with E-state index < -0.39 is 5.60 Å². The van der Waals surface area contributed by atoms with Crippen LogP contribution in [0, 0.1) is 17.8 Å². The van der Waals surface area contributed by atoms with Crippen LogP contribution >= 0.6 is 0 Å². The molecule has 1 heterocycles. The van der Waals surface area contributed by atoms with Gasteiger partial charge in [-0.2, -0.15) is 0 Å². The highest BCUT2D eigenvalue weighted by atomic mass is 16.5. The molecule has 2 atom stereocenters. The number of rotatable bonds is 9. The van der Waals surface area contributed by atoms with Crippen LogP contribution in [0.1, 0.15) is 63.2 Å². The molecule has 32 heavy (non-hydrogen) atoms. The fraction of sp³-hybridized carbons (Fsp3) is 0.464. The second-order valence-electron chi connectivity index (χ2n) is 9.43. The normalized spacial score (nSPS) is 17.8. The van der Waals surface area contributed by atoms with Crippen LogP contribution in [-0.2, 0) is 12.0 Å². The Kier molecular flexibility index (Phi) is 7.31. The van der Waals surface area contributed by atoms with Gasteiger partial charge in [-0.25, -0.2) is 4.98 Å². The van der Waals surface area contributed by atoms with Crippen molar-refractivity contribution in [2.45, 2.75) is 58.0 Å². The first-order chi connectivity index (χ1) is 15.6. The minimum absolute atomic E-state index is 0.118. The Hall–Kier alpha value is -2.59. The van der Waals surface area contributed by atoms with Gasteiger partial charge in [0.15, 0.2) is 5.60 Å². The molecule has 4 heteroatoms. The Morgan fingerprint density at radius 3 is 2.31 bits per heavy atom. The van der Waals surface area contributed by atoms with E-state index in [9.17, 15) is 5.11 Å². The van der Waals surface area contributed by atoms with E-state index in [-0.39, 0.29) is 11.8 Å². The maximum absolute atomic E-state index is 12.0. The Morgan fingerprint density at radius 2 is 1.66 bits per heavy atom. The molecular formula is C28H35NO3. The molecule has 4 nitrogen and oxygen atoms in total. The second-order valence-corrected chi connectivity index (χ2v) is 9.43. The first-order valence-corrected chi connectivity index (χ1v) is 12.0. The number of aliphatic hydroxyl groups is 1. The average Bonchev–Trinajstić information content (AvgIpc) is 3.32. The number of para-hydroxylation sites is 1. The van der Waals surface area contributed by atoms with E-state index in [1.165, 1.54) is 6.42 Å². The molecular weight excluding hydrogens is 398 g/mol. The molecule has 4 rings (SSSR count). The first kappa shape index (κ1) is 22.6. The number of aromatic nitrogens is 1. The molecule has 0 saturated heterocycles. The van der Waals surface area contributed by atoms with Crippen LogP contribution in [-0.4, -0.2) is 16.7 Å². The van der Waals surface area contributed by atoms with E-state index in [1.807, 2.05) is 60.7 Å². The molecule has 1 N–H and O–H groups in total. The van der Waals surface area contributed by atoms with E-state index in [1.54, 1.807) is 6.20 Å². The van der Waals surface area contributed by atoms with E-state index >= 15 is 0 Å². The molecule has 3 aromatic rings. The summed E-state index contributed by atoms with van der Waals surface area (Å²) in [5, 5.41) is 12.0. The van der Waals surface area contributed by atoms with Gasteiger partial charge in [-0.15, -0.1) is 0 Å². The van der Waals surface area contributed by atoms with Gasteiger partial charge >= 0.3 is 0 Å². The molecule has 0 bridgehead atoms. The molecule has 170 valence electrons. The molecule has 0 aliphatic heterocycles. The van der Waals surface area contributed by atoms with Crippen molar-refractivity contribution in [2.75, 3.05) is 6.61 Å². The Morgan fingerprint density at radius 1 is 1.00 bits per heavy atom. The zero-order valence-corrected chi connectivity index (χ0v) is 19.2. The van der Waals surface area contributed by atoms with Gasteiger partial charge in [0.05, 0.1) is 12.8 Å². The fourth-order valence-electron chi connectivity index (χ4n) is 4.79. The lowest BCUT2D eigenvalue weighted by molar-refractivity contribution is -0.0241. The molecule has 1 saturated carbocycles. The predicted octanol–water partition coefficient (Wildman–Crippen LogP) is 6.38. The lowest BCUT2D eigenvalue weighted by Gasteiger charge is -2.36. The molecule has 1 unspecified atom stereocenters. The summed E-state index contributed by atoms with van der Waals surface area (Å²) < 4.78 is 12.3. The van der Waals surface area contributed by atoms with Gasteiger partial charge in [-0.3, -0.25) is 0 Å². The fourth-order valence-corrected chi connectivity index (χ4v) is 4.79. The van der Waals surface area contributed by atoms with E-state index in [0.717, 1.165) is 49.2 Å². The lowest BCUT2D eigenvalue weighted by Crippen LogP contribution is -2.38. The van der Waals surface area contributed by atoms with Crippen molar-refractivity contribution >= 4 is 0 Å². The maximum Gasteiger partial charge on any atom is 0.231 e. The molecule has 2 aromatic carbocycles. The number of hydrogen-bond donors (Lipinski definition) is 1. The van der Waals surface area contributed by atoms with Crippen LogP contribution in [0.2, 0.25) is 0 Å². The number of oxazole rings is 1. The summed E-state index contributed by atoms with van der Waals surface area (Å²) >= 11 is 0. The third kappa shape index (κ3) is 5.07. The number of benzene rings is 2. The molecule has 1 aliphatic carbocycles. The zero-order valence-electron chi connectivity index (χ0n) is 19.2. The van der Waals surface area contributed by atoms with E-state index in [0.29, 0.717) is 18.4 Å². The Bertz CT molecular complexity index is 947. The average molecular weight is 434 g/mol. The minimum Gasteiger partial charge on any atom is -0.493 e. The van der Waals surface area contributed by atoms with Gasteiger partial charge in [-0.1, -0.05) is 81.6 Å². The highest BCUT2D eigenvalue weighted by molar-refractivity contribution is 5.30. The highest BCUT2D eigenvalue weighted by Crippen LogP contribution is 2.43. The standard InChI is InChI=1S/C28H35NO3/c1-21(2)22(20-31-25-16-10-5-11-17-25)18-26-19-29-27(32-26)28(30,23-12-6-3-7-13-23)24-14-8-4-9-15-24/h3,5-7,10-13,16-17,19,21-22,24,30H,4,8-9,14-15,18,20H2,1-2H3/t22?,28-/m0/s1. The van der Waals surface area contributed by atoms with Crippen molar-refractivity contribution in [1.82, 2.24) is 4.98 Å². The summed E-state index contributed by atoms with van der Waals surface area (Å²) in [5.74, 6) is 2.95. The van der Waals surface area contributed by atoms with Gasteiger partial charge in [0.2, 0.25) is 5.89 Å². The van der Waals surface area contributed by atoms with Crippen LogP contribution in [0.5, 0.6) is 5.75 Å². The van der Waals surface area contributed by atoms with Gasteiger partial charge in [0.1, 0.15) is 11.5 Å². The number of hydrogen-bond acceptors (Lipinski definition) is 4. The predicted molar refractivity (Wildman–Crippen MR) is 126 cm³/mol. The van der Waals surface area contributed by atoms with E-state index in [2.05, 4.69) is 18.8 Å². The highest BCUT2D eigenvalue weighted by Gasteiger charge is 2.44. The SMILES string of the molecule is CC(C)C(COc1ccccc1)Cc1cnc([C@](O)(c2ccccc2)C2CCCCC2)o1. The van der Waals surface area contributed by atoms with Crippen LogP contribution < -0.4 is 4.74 Å². The summed E-state index contributed by atoms with van der Waals surface area (Å²) in [5.41, 5.74) is -0.318. The van der Waals surface area contributed by atoms with Crippen LogP contribution in [0.25, 0.3) is 0 Å². The van der Waals surface area contributed by atoms with Crippen molar-refractivity contribution in [3.63, 3.8) is 0 Å². The Balaban J connectivity index is 1.54. The number of ether oxygens (including phenoxy) is 1. The molecule has 1 aromatic heterocycles. The molecule has 1 fully saturated rings. The van der Waals surface area contributed by atoms with Gasteiger partial charge in [-0.05, 0) is 36.5 Å². The van der Waals surface area contributed by atoms with Crippen LogP contribution in [0.15, 0.2) is 71.3 Å². The Labute approximate surface area is 191 Å². The summed E-state index contributed by atoms with van der Waals surface area (Å²) in [6.45, 7) is 5.03. The van der Waals surface area contributed by atoms with Gasteiger partial charge < -0.3 is 14.3 Å². The first-order valence-electron chi connectivity index (χ1n) is 12.0. The maximum atomic E-state index is 12.0. The molecule has 1 aliphatic rings. The third-order valence-electron chi connectivity index (χ3n) is 6.90. The van der Waals surface area contributed by atoms with Crippen molar-refractivity contribution in [3.05, 3.63) is 84.1 Å². The zero-order chi connectivity index (χ0) is 22.4. The topological polar surface area (TPSA) is 55.5 Å². The second kappa shape index (κ2) is 10.4. The van der Waals surface area contributed by atoms with Gasteiger partial charge in [0.25, 0.3) is 0 Å².